The molecule has 0 aromatic heterocycles. The lowest BCUT2D eigenvalue weighted by Crippen LogP contribution is -2.45. The molecule has 30 heavy (non-hydrogen) atoms. The van der Waals surface area contributed by atoms with Gasteiger partial charge in [-0.25, -0.2) is 8.42 Å². The average Bonchev–Trinajstić information content (AvgIpc) is 2.76. The molecule has 3 aromatic rings. The predicted molar refractivity (Wildman–Crippen MR) is 123 cm³/mol. The molecule has 7 heteroatoms. The maximum Gasteiger partial charge on any atom is 0.261 e. The van der Waals surface area contributed by atoms with Gasteiger partial charge in [0.05, 0.1) is 4.90 Å². The molecule has 156 valence electrons. The monoisotopic (exact) mass is 441 g/mol. The third-order valence-electron chi connectivity index (χ3n) is 5.21. The normalized spacial score (nSPS) is 15.2. The van der Waals surface area contributed by atoms with E-state index in [9.17, 15) is 8.42 Å². The first-order valence-corrected chi connectivity index (χ1v) is 11.8. The quantitative estimate of drug-likeness (QED) is 0.613. The van der Waals surface area contributed by atoms with Crippen molar-refractivity contribution in [2.75, 3.05) is 35.8 Å². The summed E-state index contributed by atoms with van der Waals surface area (Å²) in [6, 6.07) is 24.3. The molecule has 1 heterocycles. The van der Waals surface area contributed by atoms with Crippen LogP contribution < -0.4 is 9.62 Å². The highest BCUT2D eigenvalue weighted by Gasteiger charge is 2.18. The molecule has 0 aliphatic carbocycles. The SMILES string of the molecule is O=S(=O)(Nc1ccc(CN2CCN(c3ccccc3)CC2)cc1)c1cccc(Cl)c1. The Hall–Kier alpha value is -2.54. The number of benzene rings is 3. The van der Waals surface area contributed by atoms with Crippen LogP contribution in [-0.2, 0) is 16.6 Å². The van der Waals surface area contributed by atoms with Gasteiger partial charge in [-0.2, -0.15) is 0 Å². The molecule has 1 fully saturated rings. The molecule has 0 amide bonds. The van der Waals surface area contributed by atoms with Gasteiger partial charge in [0.15, 0.2) is 0 Å². The second kappa shape index (κ2) is 9.08. The summed E-state index contributed by atoms with van der Waals surface area (Å²) in [6.45, 7) is 4.85. The standard InChI is InChI=1S/C23H24ClN3O2S/c24-20-5-4-8-23(17-20)30(28,29)25-21-11-9-19(10-12-21)18-26-13-15-27(16-14-26)22-6-2-1-3-7-22/h1-12,17,25H,13-16,18H2. The van der Waals surface area contributed by atoms with E-state index in [-0.39, 0.29) is 4.90 Å². The van der Waals surface area contributed by atoms with Crippen LogP contribution in [0, 0.1) is 0 Å². The Balaban J connectivity index is 1.33. The zero-order valence-corrected chi connectivity index (χ0v) is 18.1. The number of nitrogens with one attached hydrogen (secondary N) is 1. The van der Waals surface area contributed by atoms with Gasteiger partial charge in [0, 0.05) is 49.1 Å². The number of hydrogen-bond donors (Lipinski definition) is 1. The molecule has 0 unspecified atom stereocenters. The van der Waals surface area contributed by atoms with Crippen LogP contribution in [-0.4, -0.2) is 39.5 Å². The fourth-order valence-corrected chi connectivity index (χ4v) is 4.95. The van der Waals surface area contributed by atoms with Crippen LogP contribution in [0.4, 0.5) is 11.4 Å². The van der Waals surface area contributed by atoms with Crippen molar-refractivity contribution >= 4 is 33.0 Å². The molecule has 4 rings (SSSR count). The lowest BCUT2D eigenvalue weighted by atomic mass is 10.1. The van der Waals surface area contributed by atoms with E-state index in [2.05, 4.69) is 38.8 Å². The van der Waals surface area contributed by atoms with E-state index in [1.54, 1.807) is 24.3 Å². The summed E-state index contributed by atoms with van der Waals surface area (Å²) in [5.74, 6) is 0. The number of para-hydroxylation sites is 1. The number of anilines is 2. The molecular weight excluding hydrogens is 418 g/mol. The first kappa shape index (κ1) is 20.7. The van der Waals surface area contributed by atoms with Gasteiger partial charge >= 0.3 is 0 Å². The largest absolute Gasteiger partial charge is 0.369 e. The molecule has 5 nitrogen and oxygen atoms in total. The van der Waals surface area contributed by atoms with Crippen LogP contribution in [0.25, 0.3) is 0 Å². The Morgan fingerprint density at radius 3 is 2.20 bits per heavy atom. The van der Waals surface area contributed by atoms with Crippen molar-refractivity contribution in [3.8, 4) is 0 Å². The molecule has 3 aromatic carbocycles. The molecule has 0 radical (unpaired) electrons. The number of nitrogens with zero attached hydrogens (tertiary/aromatic N) is 2. The molecule has 0 saturated carbocycles. The summed E-state index contributed by atoms with van der Waals surface area (Å²) in [7, 11) is -3.66. The highest BCUT2D eigenvalue weighted by molar-refractivity contribution is 7.92. The van der Waals surface area contributed by atoms with E-state index in [0.29, 0.717) is 10.7 Å². The number of piperazine rings is 1. The van der Waals surface area contributed by atoms with Gasteiger partial charge in [-0.05, 0) is 48.0 Å². The lowest BCUT2D eigenvalue weighted by molar-refractivity contribution is 0.250. The smallest absolute Gasteiger partial charge is 0.261 e. The summed E-state index contributed by atoms with van der Waals surface area (Å²) in [4.78, 5) is 4.98. The summed E-state index contributed by atoms with van der Waals surface area (Å²) in [5.41, 5.74) is 2.97. The molecular formula is C23H24ClN3O2S. The van der Waals surface area contributed by atoms with Crippen LogP contribution in [0.2, 0.25) is 5.02 Å². The van der Waals surface area contributed by atoms with E-state index < -0.39 is 10.0 Å². The van der Waals surface area contributed by atoms with Crippen molar-refractivity contribution in [3.05, 3.63) is 89.4 Å². The predicted octanol–water partition coefficient (Wildman–Crippen LogP) is 4.46. The van der Waals surface area contributed by atoms with Crippen molar-refractivity contribution in [1.29, 1.82) is 0 Å². The molecule has 0 atom stereocenters. The van der Waals surface area contributed by atoms with E-state index >= 15 is 0 Å². The van der Waals surface area contributed by atoms with Crippen molar-refractivity contribution in [3.63, 3.8) is 0 Å². The van der Waals surface area contributed by atoms with E-state index in [0.717, 1.165) is 38.3 Å². The highest BCUT2D eigenvalue weighted by atomic mass is 35.5. The Bertz CT molecular complexity index is 1080. The van der Waals surface area contributed by atoms with Gasteiger partial charge in [0.1, 0.15) is 0 Å². The summed E-state index contributed by atoms with van der Waals surface area (Å²) in [6.07, 6.45) is 0. The van der Waals surface area contributed by atoms with Gasteiger partial charge in [-0.15, -0.1) is 0 Å². The first-order chi connectivity index (χ1) is 14.5. The zero-order valence-electron chi connectivity index (χ0n) is 16.5. The van der Waals surface area contributed by atoms with Gasteiger partial charge in [-0.1, -0.05) is 48.0 Å². The van der Waals surface area contributed by atoms with Gasteiger partial charge < -0.3 is 4.90 Å². The fraction of sp³-hybridized carbons (Fsp3) is 0.217. The number of rotatable bonds is 6. The summed E-state index contributed by atoms with van der Waals surface area (Å²) < 4.78 is 27.7. The number of sulfonamides is 1. The molecule has 0 spiro atoms. The van der Waals surface area contributed by atoms with Gasteiger partial charge in [-0.3, -0.25) is 9.62 Å². The van der Waals surface area contributed by atoms with Crippen LogP contribution in [0.15, 0.2) is 83.8 Å². The van der Waals surface area contributed by atoms with Crippen molar-refractivity contribution in [2.45, 2.75) is 11.4 Å². The molecule has 1 aliphatic heterocycles. The van der Waals surface area contributed by atoms with Gasteiger partial charge in [0.2, 0.25) is 0 Å². The third-order valence-corrected chi connectivity index (χ3v) is 6.83. The van der Waals surface area contributed by atoms with Crippen molar-refractivity contribution in [1.82, 2.24) is 4.90 Å². The Labute approximate surface area is 182 Å². The maximum absolute atomic E-state index is 12.5. The van der Waals surface area contributed by atoms with Crippen LogP contribution in [0.5, 0.6) is 0 Å². The topological polar surface area (TPSA) is 52.7 Å². The Morgan fingerprint density at radius 2 is 1.53 bits per heavy atom. The number of halogens is 1. The highest BCUT2D eigenvalue weighted by Crippen LogP contribution is 2.21. The van der Waals surface area contributed by atoms with Crippen LogP contribution in [0.1, 0.15) is 5.56 Å². The van der Waals surface area contributed by atoms with Gasteiger partial charge in [0.25, 0.3) is 10.0 Å². The van der Waals surface area contributed by atoms with E-state index in [1.165, 1.54) is 17.8 Å². The maximum atomic E-state index is 12.5. The summed E-state index contributed by atoms with van der Waals surface area (Å²) in [5, 5.41) is 0.389. The van der Waals surface area contributed by atoms with Crippen molar-refractivity contribution < 1.29 is 8.42 Å². The molecule has 0 bridgehead atoms. The third kappa shape index (κ3) is 5.14. The minimum absolute atomic E-state index is 0.148. The molecule has 1 saturated heterocycles. The van der Waals surface area contributed by atoms with Crippen LogP contribution >= 0.6 is 11.6 Å². The average molecular weight is 442 g/mol. The zero-order chi connectivity index (χ0) is 21.0. The van der Waals surface area contributed by atoms with E-state index in [4.69, 9.17) is 11.6 Å². The second-order valence-electron chi connectivity index (χ2n) is 7.36. The minimum Gasteiger partial charge on any atom is -0.369 e. The number of hydrogen-bond acceptors (Lipinski definition) is 4. The Kier molecular flexibility index (Phi) is 6.27. The van der Waals surface area contributed by atoms with Crippen molar-refractivity contribution in [2.24, 2.45) is 0 Å². The van der Waals surface area contributed by atoms with Crippen LogP contribution in [0.3, 0.4) is 0 Å². The lowest BCUT2D eigenvalue weighted by Gasteiger charge is -2.36. The fourth-order valence-electron chi connectivity index (χ4n) is 3.59. The summed E-state index contributed by atoms with van der Waals surface area (Å²) >= 11 is 5.91. The first-order valence-electron chi connectivity index (χ1n) is 9.89. The molecule has 1 N–H and O–H groups in total. The Morgan fingerprint density at radius 1 is 0.833 bits per heavy atom. The van der Waals surface area contributed by atoms with E-state index in [1.807, 2.05) is 18.2 Å². The minimum atomic E-state index is -3.66. The second-order valence-corrected chi connectivity index (χ2v) is 9.48. The molecule has 1 aliphatic rings.